The third kappa shape index (κ3) is 4.37. The predicted molar refractivity (Wildman–Crippen MR) is 121 cm³/mol. The molecular weight excluding hydrogens is 407 g/mol. The minimum atomic E-state index is -0.265. The lowest BCUT2D eigenvalue weighted by Crippen LogP contribution is -2.14. The van der Waals surface area contributed by atoms with Crippen molar-refractivity contribution in [2.45, 2.75) is 19.3 Å². The van der Waals surface area contributed by atoms with Crippen LogP contribution in [0.25, 0.3) is 11.0 Å². The second-order valence-corrected chi connectivity index (χ2v) is 7.98. The first kappa shape index (κ1) is 19.9. The lowest BCUT2D eigenvalue weighted by atomic mass is 10.1. The molecule has 160 valence electrons. The van der Waals surface area contributed by atoms with Gasteiger partial charge in [0.25, 0.3) is 5.91 Å². The van der Waals surface area contributed by atoms with Crippen LogP contribution in [0.15, 0.2) is 66.7 Å². The third-order valence-electron chi connectivity index (χ3n) is 5.47. The van der Waals surface area contributed by atoms with E-state index in [0.717, 1.165) is 23.9 Å². The number of nitrogens with one attached hydrogen (secondary N) is 3. The average molecular weight is 428 g/mol. The van der Waals surface area contributed by atoms with Crippen molar-refractivity contribution >= 4 is 34.2 Å². The highest BCUT2D eigenvalue weighted by atomic mass is 19.1. The van der Waals surface area contributed by atoms with Gasteiger partial charge < -0.3 is 15.6 Å². The molecule has 2 amide bonds. The minimum Gasteiger partial charge on any atom is -0.342 e. The summed E-state index contributed by atoms with van der Waals surface area (Å²) in [5.74, 6) is 0.291. The number of hydrogen-bond acceptors (Lipinski definition) is 3. The van der Waals surface area contributed by atoms with Crippen LogP contribution in [-0.4, -0.2) is 21.8 Å². The molecule has 4 aromatic rings. The Morgan fingerprint density at radius 2 is 1.72 bits per heavy atom. The molecule has 1 aliphatic rings. The van der Waals surface area contributed by atoms with Crippen molar-refractivity contribution < 1.29 is 14.0 Å². The van der Waals surface area contributed by atoms with Crippen LogP contribution < -0.4 is 10.6 Å². The number of amides is 2. The number of anilines is 2. The molecule has 6 nitrogen and oxygen atoms in total. The van der Waals surface area contributed by atoms with E-state index in [0.29, 0.717) is 34.7 Å². The van der Waals surface area contributed by atoms with E-state index in [1.165, 1.54) is 6.07 Å². The summed E-state index contributed by atoms with van der Waals surface area (Å²) < 4.78 is 13.9. The van der Waals surface area contributed by atoms with E-state index in [-0.39, 0.29) is 23.5 Å². The fraction of sp³-hybridized carbons (Fsp3) is 0.160. The monoisotopic (exact) mass is 428 g/mol. The number of imidazole rings is 1. The molecule has 0 atom stereocenters. The molecule has 7 heteroatoms. The predicted octanol–water partition coefficient (Wildman–Crippen LogP) is 4.89. The number of rotatable bonds is 6. The number of carbonyl (C=O) groups excluding carboxylic acids is 2. The van der Waals surface area contributed by atoms with Crippen LogP contribution in [0.4, 0.5) is 15.8 Å². The Kier molecular flexibility index (Phi) is 5.15. The summed E-state index contributed by atoms with van der Waals surface area (Å²) in [6.07, 6.45) is 2.24. The summed E-state index contributed by atoms with van der Waals surface area (Å²) in [5.41, 5.74) is 3.85. The molecule has 1 fully saturated rings. The zero-order chi connectivity index (χ0) is 22.1. The van der Waals surface area contributed by atoms with E-state index in [9.17, 15) is 14.0 Å². The molecule has 1 aromatic heterocycles. The number of benzene rings is 3. The quantitative estimate of drug-likeness (QED) is 0.409. The van der Waals surface area contributed by atoms with Gasteiger partial charge in [0.1, 0.15) is 11.6 Å². The maximum atomic E-state index is 13.9. The van der Waals surface area contributed by atoms with Crippen molar-refractivity contribution in [3.63, 3.8) is 0 Å². The van der Waals surface area contributed by atoms with E-state index >= 15 is 0 Å². The van der Waals surface area contributed by atoms with E-state index in [2.05, 4.69) is 20.6 Å². The highest BCUT2D eigenvalue weighted by molar-refractivity contribution is 6.05. The Morgan fingerprint density at radius 3 is 2.47 bits per heavy atom. The second-order valence-electron chi connectivity index (χ2n) is 7.98. The molecule has 1 heterocycles. The molecular formula is C25H21FN4O2. The minimum absolute atomic E-state index is 0.0319. The van der Waals surface area contributed by atoms with Crippen LogP contribution in [0.2, 0.25) is 0 Å². The van der Waals surface area contributed by atoms with Gasteiger partial charge >= 0.3 is 0 Å². The fourth-order valence-electron chi connectivity index (χ4n) is 3.54. The van der Waals surface area contributed by atoms with Crippen molar-refractivity contribution in [2.75, 3.05) is 10.6 Å². The zero-order valence-corrected chi connectivity index (χ0v) is 17.2. The largest absolute Gasteiger partial charge is 0.342 e. The van der Waals surface area contributed by atoms with Gasteiger partial charge in [-0.15, -0.1) is 0 Å². The van der Waals surface area contributed by atoms with Crippen LogP contribution in [-0.2, 0) is 11.2 Å². The number of H-pyrrole nitrogens is 1. The molecule has 3 aromatic carbocycles. The molecule has 0 saturated heterocycles. The Balaban J connectivity index is 1.26. The number of nitrogens with zero attached hydrogens (tertiary/aromatic N) is 1. The first-order valence-electron chi connectivity index (χ1n) is 10.5. The lowest BCUT2D eigenvalue weighted by Gasteiger charge is -2.07. The summed E-state index contributed by atoms with van der Waals surface area (Å²) in [6.45, 7) is 0. The number of fused-ring (bicyclic) bond motifs is 1. The van der Waals surface area contributed by atoms with Gasteiger partial charge in [0.2, 0.25) is 5.91 Å². The van der Waals surface area contributed by atoms with Crippen molar-refractivity contribution in [3.05, 3.63) is 89.5 Å². The highest BCUT2D eigenvalue weighted by Crippen LogP contribution is 2.30. The molecule has 0 aliphatic heterocycles. The maximum Gasteiger partial charge on any atom is 0.255 e. The van der Waals surface area contributed by atoms with Crippen molar-refractivity contribution in [1.82, 2.24) is 9.97 Å². The van der Waals surface area contributed by atoms with Crippen molar-refractivity contribution in [2.24, 2.45) is 5.92 Å². The van der Waals surface area contributed by atoms with E-state index < -0.39 is 0 Å². The summed E-state index contributed by atoms with van der Waals surface area (Å²) >= 11 is 0. The lowest BCUT2D eigenvalue weighted by molar-refractivity contribution is -0.117. The highest BCUT2D eigenvalue weighted by Gasteiger charge is 2.29. The number of carbonyl (C=O) groups is 2. The molecule has 1 aliphatic carbocycles. The van der Waals surface area contributed by atoms with E-state index in [1.54, 1.807) is 54.6 Å². The van der Waals surface area contributed by atoms with Gasteiger partial charge in [-0.1, -0.05) is 18.2 Å². The number of aromatic amines is 1. The molecule has 3 N–H and O–H groups in total. The standard InChI is InChI=1S/C25H21FN4O2/c26-20-4-2-1-3-17(20)13-23-29-21-12-11-19(14-22(21)30-23)28-25(32)16-7-9-18(10-8-16)27-24(31)15-5-6-15/h1-4,7-12,14-15H,5-6,13H2,(H,27,31)(H,28,32)(H,29,30). The van der Waals surface area contributed by atoms with Crippen molar-refractivity contribution in [3.8, 4) is 0 Å². The van der Waals surface area contributed by atoms with E-state index in [1.807, 2.05) is 6.07 Å². The normalized spacial score (nSPS) is 13.2. The molecule has 0 radical (unpaired) electrons. The van der Waals surface area contributed by atoms with Crippen LogP contribution in [0.5, 0.6) is 0 Å². The third-order valence-corrected chi connectivity index (χ3v) is 5.47. The van der Waals surface area contributed by atoms with Crippen LogP contribution in [0.3, 0.4) is 0 Å². The van der Waals surface area contributed by atoms with Gasteiger partial charge in [-0.05, 0) is 66.9 Å². The first-order valence-corrected chi connectivity index (χ1v) is 10.5. The zero-order valence-electron chi connectivity index (χ0n) is 17.2. The molecule has 0 bridgehead atoms. The number of hydrogen-bond donors (Lipinski definition) is 3. The average Bonchev–Trinajstić information content (AvgIpc) is 3.56. The van der Waals surface area contributed by atoms with Crippen LogP contribution in [0, 0.1) is 11.7 Å². The van der Waals surface area contributed by atoms with E-state index in [4.69, 9.17) is 0 Å². The van der Waals surface area contributed by atoms with Gasteiger partial charge in [-0.2, -0.15) is 0 Å². The maximum absolute atomic E-state index is 13.9. The van der Waals surface area contributed by atoms with Crippen LogP contribution >= 0.6 is 0 Å². The smallest absolute Gasteiger partial charge is 0.255 e. The second kappa shape index (κ2) is 8.26. The summed E-state index contributed by atoms with van der Waals surface area (Å²) in [6, 6.07) is 18.8. The Bertz CT molecular complexity index is 1310. The topological polar surface area (TPSA) is 86.9 Å². The molecule has 0 spiro atoms. The van der Waals surface area contributed by atoms with Gasteiger partial charge in [0, 0.05) is 29.3 Å². The SMILES string of the molecule is O=C(Nc1ccc2nc(Cc3ccccc3F)[nH]c2c1)c1ccc(NC(=O)C2CC2)cc1. The molecule has 1 saturated carbocycles. The van der Waals surface area contributed by atoms with Gasteiger partial charge in [0.05, 0.1) is 11.0 Å². The summed E-state index contributed by atoms with van der Waals surface area (Å²) in [4.78, 5) is 32.2. The van der Waals surface area contributed by atoms with Gasteiger partial charge in [0.15, 0.2) is 0 Å². The van der Waals surface area contributed by atoms with Gasteiger partial charge in [-0.3, -0.25) is 9.59 Å². The number of halogens is 1. The summed E-state index contributed by atoms with van der Waals surface area (Å²) in [5, 5.41) is 5.73. The fourth-order valence-corrected chi connectivity index (χ4v) is 3.54. The molecule has 0 unspecified atom stereocenters. The first-order chi connectivity index (χ1) is 15.5. The van der Waals surface area contributed by atoms with Gasteiger partial charge in [-0.25, -0.2) is 9.37 Å². The van der Waals surface area contributed by atoms with Crippen molar-refractivity contribution in [1.29, 1.82) is 0 Å². The Hall–Kier alpha value is -4.00. The molecule has 5 rings (SSSR count). The Labute approximate surface area is 183 Å². The summed E-state index contributed by atoms with van der Waals surface area (Å²) in [7, 11) is 0. The molecule has 32 heavy (non-hydrogen) atoms. The van der Waals surface area contributed by atoms with Crippen LogP contribution in [0.1, 0.15) is 34.6 Å². The number of aromatic nitrogens is 2. The Morgan fingerprint density at radius 1 is 0.969 bits per heavy atom.